The van der Waals surface area contributed by atoms with Crippen molar-refractivity contribution in [2.75, 3.05) is 13.2 Å². The van der Waals surface area contributed by atoms with E-state index < -0.39 is 5.41 Å². The Morgan fingerprint density at radius 1 is 1.14 bits per heavy atom. The van der Waals surface area contributed by atoms with Crippen LogP contribution in [0.3, 0.4) is 0 Å². The van der Waals surface area contributed by atoms with Crippen molar-refractivity contribution < 1.29 is 19.7 Å². The number of carbonyl (C=O) groups excluding carboxylic acids is 1. The molecular formula is C10H20O4. The summed E-state index contributed by atoms with van der Waals surface area (Å²) in [6.45, 7) is 9.47. The fourth-order valence-electron chi connectivity index (χ4n) is 0.694. The van der Waals surface area contributed by atoms with Crippen molar-refractivity contribution in [3.05, 3.63) is 0 Å². The molecule has 0 aromatic heterocycles. The lowest BCUT2D eigenvalue weighted by molar-refractivity contribution is -0.263. The fourth-order valence-corrected chi connectivity index (χ4v) is 0.694. The van der Waals surface area contributed by atoms with Crippen LogP contribution >= 0.6 is 0 Å². The normalized spacial score (nSPS) is 12.7. The quantitative estimate of drug-likeness (QED) is 0.433. The summed E-state index contributed by atoms with van der Waals surface area (Å²) in [7, 11) is 0. The van der Waals surface area contributed by atoms with Gasteiger partial charge in [-0.3, -0.25) is 10.1 Å². The van der Waals surface area contributed by atoms with E-state index in [1.165, 1.54) is 0 Å². The highest BCUT2D eigenvalue weighted by molar-refractivity contribution is 5.75. The first-order valence-corrected chi connectivity index (χ1v) is 4.63. The van der Waals surface area contributed by atoms with Crippen molar-refractivity contribution >= 4 is 5.97 Å². The summed E-state index contributed by atoms with van der Waals surface area (Å²) >= 11 is 0. The van der Waals surface area contributed by atoms with Gasteiger partial charge < -0.3 is 4.74 Å². The summed E-state index contributed by atoms with van der Waals surface area (Å²) in [4.78, 5) is 15.4. The Morgan fingerprint density at radius 3 is 2.00 bits per heavy atom. The van der Waals surface area contributed by atoms with Gasteiger partial charge in [-0.2, -0.15) is 0 Å². The Kier molecular flexibility index (Phi) is 4.55. The van der Waals surface area contributed by atoms with Crippen LogP contribution in [0.5, 0.6) is 0 Å². The van der Waals surface area contributed by atoms with Crippen molar-refractivity contribution in [1.29, 1.82) is 0 Å². The summed E-state index contributed by atoms with van der Waals surface area (Å²) in [6.07, 6.45) is 0. The van der Waals surface area contributed by atoms with Crippen molar-refractivity contribution in [2.45, 2.75) is 34.6 Å². The number of ether oxygens (including phenoxy) is 1. The largest absolute Gasteiger partial charge is 0.465 e. The molecule has 0 unspecified atom stereocenters. The van der Waals surface area contributed by atoms with Gasteiger partial charge in [0, 0.05) is 5.41 Å². The fraction of sp³-hybridized carbons (Fsp3) is 0.900. The van der Waals surface area contributed by atoms with Crippen LogP contribution in [0.2, 0.25) is 0 Å². The highest BCUT2D eigenvalue weighted by Crippen LogP contribution is 2.20. The van der Waals surface area contributed by atoms with Crippen molar-refractivity contribution in [2.24, 2.45) is 10.8 Å². The molecule has 0 radical (unpaired) electrons. The molecule has 0 rings (SSSR count). The molecule has 84 valence electrons. The molecule has 0 amide bonds. The average molecular weight is 204 g/mol. The Labute approximate surface area is 85.1 Å². The van der Waals surface area contributed by atoms with Crippen molar-refractivity contribution in [1.82, 2.24) is 0 Å². The molecule has 0 bridgehead atoms. The van der Waals surface area contributed by atoms with Crippen molar-refractivity contribution in [3.63, 3.8) is 0 Å². The predicted octanol–water partition coefficient (Wildman–Crippen LogP) is 2.09. The maximum atomic E-state index is 11.4. The molecule has 0 atom stereocenters. The Balaban J connectivity index is 4.00. The minimum absolute atomic E-state index is 0.143. The van der Waals surface area contributed by atoms with Crippen molar-refractivity contribution in [3.8, 4) is 0 Å². The Morgan fingerprint density at radius 2 is 1.64 bits per heavy atom. The van der Waals surface area contributed by atoms with E-state index in [0.717, 1.165) is 0 Å². The SMILES string of the molecule is CC(C)(COO)COC(=O)C(C)(C)C. The molecule has 0 fully saturated rings. The van der Waals surface area contributed by atoms with Crippen LogP contribution in [0.1, 0.15) is 34.6 Å². The summed E-state index contributed by atoms with van der Waals surface area (Å²) in [5.41, 5.74) is -0.855. The van der Waals surface area contributed by atoms with E-state index >= 15 is 0 Å². The third-order valence-electron chi connectivity index (χ3n) is 1.66. The third-order valence-corrected chi connectivity index (χ3v) is 1.66. The third kappa shape index (κ3) is 5.19. The molecule has 1 N–H and O–H groups in total. The zero-order chi connectivity index (χ0) is 11.4. The molecule has 0 spiro atoms. The van der Waals surface area contributed by atoms with Gasteiger partial charge in [0.2, 0.25) is 0 Å². The number of carbonyl (C=O) groups is 1. The van der Waals surface area contributed by atoms with Gasteiger partial charge in [-0.05, 0) is 20.8 Å². The highest BCUT2D eigenvalue weighted by atomic mass is 17.1. The molecule has 0 aromatic carbocycles. The monoisotopic (exact) mass is 204 g/mol. The zero-order valence-electron chi connectivity index (χ0n) is 9.59. The Bertz CT molecular complexity index is 191. The van der Waals surface area contributed by atoms with E-state index in [1.54, 1.807) is 20.8 Å². The topological polar surface area (TPSA) is 55.8 Å². The Hall–Kier alpha value is -0.610. The number of hydrogen-bond acceptors (Lipinski definition) is 4. The minimum Gasteiger partial charge on any atom is -0.465 e. The molecule has 4 nitrogen and oxygen atoms in total. The van der Waals surface area contributed by atoms with Gasteiger partial charge in [-0.15, -0.1) is 0 Å². The molecule has 0 saturated carbocycles. The summed E-state index contributed by atoms with van der Waals surface area (Å²) < 4.78 is 5.09. The second-order valence-corrected chi connectivity index (χ2v) is 5.26. The first-order chi connectivity index (χ1) is 6.19. The minimum atomic E-state index is -0.490. The van der Waals surface area contributed by atoms with Crippen LogP contribution in [0.15, 0.2) is 0 Å². The van der Waals surface area contributed by atoms with Crippen LogP contribution in [0.4, 0.5) is 0 Å². The summed E-state index contributed by atoms with van der Waals surface area (Å²) in [6, 6.07) is 0. The maximum absolute atomic E-state index is 11.4. The molecule has 0 saturated heterocycles. The first kappa shape index (κ1) is 13.4. The maximum Gasteiger partial charge on any atom is 0.311 e. The van der Waals surface area contributed by atoms with E-state index in [-0.39, 0.29) is 24.6 Å². The molecule has 4 heteroatoms. The molecule has 0 aliphatic heterocycles. The number of rotatable bonds is 4. The lowest BCUT2D eigenvalue weighted by atomic mass is 9.95. The zero-order valence-corrected chi connectivity index (χ0v) is 9.59. The molecular weight excluding hydrogens is 184 g/mol. The van der Waals surface area contributed by atoms with E-state index in [0.29, 0.717) is 0 Å². The van der Waals surface area contributed by atoms with Gasteiger partial charge in [0.05, 0.1) is 18.6 Å². The second kappa shape index (κ2) is 4.75. The van der Waals surface area contributed by atoms with Crippen LogP contribution in [-0.2, 0) is 14.4 Å². The van der Waals surface area contributed by atoms with Crippen LogP contribution < -0.4 is 0 Å². The highest BCUT2D eigenvalue weighted by Gasteiger charge is 2.27. The first-order valence-electron chi connectivity index (χ1n) is 4.63. The molecule has 14 heavy (non-hydrogen) atoms. The van der Waals surface area contributed by atoms with E-state index in [4.69, 9.17) is 9.99 Å². The molecule has 0 aliphatic rings. The van der Waals surface area contributed by atoms with Gasteiger partial charge >= 0.3 is 5.97 Å². The molecule has 0 aliphatic carbocycles. The van der Waals surface area contributed by atoms with Crippen LogP contribution in [-0.4, -0.2) is 24.4 Å². The number of hydrogen-bond donors (Lipinski definition) is 1. The smallest absolute Gasteiger partial charge is 0.311 e. The van der Waals surface area contributed by atoms with Crippen LogP contribution in [0, 0.1) is 10.8 Å². The van der Waals surface area contributed by atoms with Gasteiger partial charge in [0.15, 0.2) is 0 Å². The standard InChI is InChI=1S/C10H20O4/c1-9(2,3)8(11)13-6-10(4,5)7-14-12/h12H,6-7H2,1-5H3. The van der Waals surface area contributed by atoms with E-state index in [1.807, 2.05) is 13.8 Å². The predicted molar refractivity (Wildman–Crippen MR) is 52.8 cm³/mol. The summed E-state index contributed by atoms with van der Waals surface area (Å²) in [5, 5.41) is 8.29. The van der Waals surface area contributed by atoms with Gasteiger partial charge in [0.25, 0.3) is 0 Å². The summed E-state index contributed by atoms with van der Waals surface area (Å²) in [5.74, 6) is -0.247. The lowest BCUT2D eigenvalue weighted by Crippen LogP contribution is -2.31. The lowest BCUT2D eigenvalue weighted by Gasteiger charge is -2.24. The van der Waals surface area contributed by atoms with Gasteiger partial charge in [0.1, 0.15) is 0 Å². The van der Waals surface area contributed by atoms with Gasteiger partial charge in [-0.1, -0.05) is 13.8 Å². The van der Waals surface area contributed by atoms with E-state index in [2.05, 4.69) is 4.89 Å². The molecule has 0 heterocycles. The average Bonchev–Trinajstić information content (AvgIpc) is 1.98. The van der Waals surface area contributed by atoms with Gasteiger partial charge in [-0.25, -0.2) is 4.89 Å². The number of esters is 1. The van der Waals surface area contributed by atoms with E-state index in [9.17, 15) is 4.79 Å². The second-order valence-electron chi connectivity index (χ2n) is 5.26. The van der Waals surface area contributed by atoms with Crippen LogP contribution in [0.25, 0.3) is 0 Å². The molecule has 0 aromatic rings.